The van der Waals surface area contributed by atoms with E-state index < -0.39 is 11.9 Å². The van der Waals surface area contributed by atoms with E-state index in [0.29, 0.717) is 12.4 Å². The third-order valence-electron chi connectivity index (χ3n) is 2.38. The van der Waals surface area contributed by atoms with Crippen molar-refractivity contribution in [2.45, 2.75) is 27.7 Å². The predicted molar refractivity (Wildman–Crippen MR) is 60.0 cm³/mol. The quantitative estimate of drug-likeness (QED) is 0.323. The fourth-order valence-electron chi connectivity index (χ4n) is 1.52. The van der Waals surface area contributed by atoms with E-state index in [1.165, 1.54) is 0 Å². The van der Waals surface area contributed by atoms with Crippen LogP contribution in [-0.4, -0.2) is 31.8 Å². The Bertz CT molecular complexity index is 334. The maximum absolute atomic E-state index is 11.7. The van der Waals surface area contributed by atoms with Gasteiger partial charge in [-0.15, -0.1) is 0 Å². The van der Waals surface area contributed by atoms with Crippen LogP contribution in [0.1, 0.15) is 27.7 Å². The normalized spacial score (nSPS) is 16.6. The Labute approximate surface area is 101 Å². The SMILES string of the molecule is CCOC(=O)C(C(=O)OCC)=C1OCC1(C)C. The largest absolute Gasteiger partial charge is 0.495 e. The highest BCUT2D eigenvalue weighted by atomic mass is 16.6. The van der Waals surface area contributed by atoms with E-state index in [0.717, 1.165) is 0 Å². The van der Waals surface area contributed by atoms with Gasteiger partial charge in [0.15, 0.2) is 5.57 Å². The van der Waals surface area contributed by atoms with E-state index in [9.17, 15) is 9.59 Å². The summed E-state index contributed by atoms with van der Waals surface area (Å²) in [5.41, 5.74) is -0.445. The van der Waals surface area contributed by atoms with Crippen LogP contribution in [0.5, 0.6) is 0 Å². The van der Waals surface area contributed by atoms with Gasteiger partial charge in [0.25, 0.3) is 0 Å². The number of hydrogen-bond donors (Lipinski definition) is 0. The number of esters is 2. The van der Waals surface area contributed by atoms with Gasteiger partial charge in [0.2, 0.25) is 0 Å². The number of rotatable bonds is 4. The third-order valence-corrected chi connectivity index (χ3v) is 2.38. The van der Waals surface area contributed by atoms with Crippen LogP contribution in [0.3, 0.4) is 0 Å². The van der Waals surface area contributed by atoms with Crippen LogP contribution in [0.15, 0.2) is 11.3 Å². The Morgan fingerprint density at radius 1 is 1.18 bits per heavy atom. The maximum Gasteiger partial charge on any atom is 0.349 e. The first kappa shape index (κ1) is 13.5. The van der Waals surface area contributed by atoms with Gasteiger partial charge in [-0.25, -0.2) is 9.59 Å². The highest BCUT2D eigenvalue weighted by molar-refractivity contribution is 6.14. The van der Waals surface area contributed by atoms with Crippen molar-refractivity contribution in [1.29, 1.82) is 0 Å². The van der Waals surface area contributed by atoms with E-state index >= 15 is 0 Å². The highest BCUT2D eigenvalue weighted by Gasteiger charge is 2.43. The molecule has 17 heavy (non-hydrogen) atoms. The second-order valence-electron chi connectivity index (χ2n) is 4.32. The van der Waals surface area contributed by atoms with Crippen LogP contribution >= 0.6 is 0 Å². The van der Waals surface area contributed by atoms with Crippen LogP contribution in [0, 0.1) is 5.41 Å². The average Bonchev–Trinajstić information content (AvgIpc) is 2.24. The maximum atomic E-state index is 11.7. The zero-order valence-corrected chi connectivity index (χ0v) is 10.7. The van der Waals surface area contributed by atoms with E-state index in [-0.39, 0.29) is 24.2 Å². The topological polar surface area (TPSA) is 61.8 Å². The van der Waals surface area contributed by atoms with Crippen molar-refractivity contribution in [1.82, 2.24) is 0 Å². The summed E-state index contributed by atoms with van der Waals surface area (Å²) in [4.78, 5) is 23.4. The zero-order valence-electron chi connectivity index (χ0n) is 10.7. The summed E-state index contributed by atoms with van der Waals surface area (Å²) < 4.78 is 14.9. The molecule has 0 aromatic heterocycles. The molecule has 0 spiro atoms. The summed E-state index contributed by atoms with van der Waals surface area (Å²) in [5.74, 6) is -1.02. The van der Waals surface area contributed by atoms with Gasteiger partial charge < -0.3 is 14.2 Å². The molecule has 0 unspecified atom stereocenters. The monoisotopic (exact) mass is 242 g/mol. The van der Waals surface area contributed by atoms with Gasteiger partial charge >= 0.3 is 11.9 Å². The first-order valence-corrected chi connectivity index (χ1v) is 5.65. The van der Waals surface area contributed by atoms with Crippen LogP contribution in [-0.2, 0) is 23.8 Å². The van der Waals surface area contributed by atoms with E-state index in [2.05, 4.69) is 0 Å². The summed E-state index contributed by atoms with van der Waals surface area (Å²) in [6.45, 7) is 8.03. The fraction of sp³-hybridized carbons (Fsp3) is 0.667. The minimum atomic E-state index is -0.686. The van der Waals surface area contributed by atoms with Crippen LogP contribution < -0.4 is 0 Å². The van der Waals surface area contributed by atoms with Gasteiger partial charge in [-0.1, -0.05) is 0 Å². The minimum Gasteiger partial charge on any atom is -0.495 e. The Balaban J connectivity index is 3.03. The molecule has 5 nitrogen and oxygen atoms in total. The van der Waals surface area contributed by atoms with Crippen molar-refractivity contribution in [2.24, 2.45) is 5.41 Å². The third kappa shape index (κ3) is 2.78. The van der Waals surface area contributed by atoms with Crippen LogP contribution in [0.2, 0.25) is 0 Å². The van der Waals surface area contributed by atoms with Crippen molar-refractivity contribution in [3.8, 4) is 0 Å². The molecule has 0 bridgehead atoms. The lowest BCUT2D eigenvalue weighted by molar-refractivity contribution is -0.148. The van der Waals surface area contributed by atoms with Gasteiger partial charge in [-0.3, -0.25) is 0 Å². The average molecular weight is 242 g/mol. The Hall–Kier alpha value is -1.52. The van der Waals surface area contributed by atoms with Gasteiger partial charge in [0.05, 0.1) is 25.2 Å². The summed E-state index contributed by atoms with van der Waals surface area (Å²) in [5, 5.41) is 0. The standard InChI is InChI=1S/C12H18O5/c1-5-15-10(13)8(11(14)16-6-2)9-12(3,4)7-17-9/h5-7H2,1-4H3. The molecule has 1 fully saturated rings. The number of carbonyl (C=O) groups excluding carboxylic acids is 2. The summed E-state index contributed by atoms with van der Waals surface area (Å²) >= 11 is 0. The van der Waals surface area contributed by atoms with E-state index in [1.54, 1.807) is 13.8 Å². The minimum absolute atomic E-state index is 0.120. The molecule has 0 saturated carbocycles. The Morgan fingerprint density at radius 3 is 1.88 bits per heavy atom. The molecule has 1 saturated heterocycles. The molecule has 0 N–H and O–H groups in total. The molecule has 0 aromatic rings. The predicted octanol–water partition coefficient (Wildman–Crippen LogP) is 1.42. The first-order valence-electron chi connectivity index (χ1n) is 5.65. The summed E-state index contributed by atoms with van der Waals surface area (Å²) in [7, 11) is 0. The first-order chi connectivity index (χ1) is 7.94. The molecule has 0 amide bonds. The molecule has 0 aromatic carbocycles. The summed E-state index contributed by atoms with van der Waals surface area (Å²) in [6, 6.07) is 0. The van der Waals surface area contributed by atoms with Gasteiger partial charge in [0.1, 0.15) is 5.76 Å². The van der Waals surface area contributed by atoms with Gasteiger partial charge in [0, 0.05) is 0 Å². The smallest absolute Gasteiger partial charge is 0.349 e. The second-order valence-corrected chi connectivity index (χ2v) is 4.32. The molecule has 1 aliphatic rings. The van der Waals surface area contributed by atoms with Gasteiger partial charge in [-0.2, -0.15) is 0 Å². The number of ether oxygens (including phenoxy) is 3. The molecule has 1 rings (SSSR count). The molecule has 1 heterocycles. The van der Waals surface area contributed by atoms with Crippen molar-refractivity contribution < 1.29 is 23.8 Å². The molecule has 96 valence electrons. The number of hydrogen-bond acceptors (Lipinski definition) is 5. The van der Waals surface area contributed by atoms with Crippen LogP contribution in [0.4, 0.5) is 0 Å². The zero-order chi connectivity index (χ0) is 13.1. The lowest BCUT2D eigenvalue weighted by atomic mass is 9.84. The molecule has 0 atom stereocenters. The van der Waals surface area contributed by atoms with E-state index in [1.807, 2.05) is 13.8 Å². The van der Waals surface area contributed by atoms with Crippen molar-refractivity contribution in [3.63, 3.8) is 0 Å². The molecule has 0 radical (unpaired) electrons. The summed E-state index contributed by atoms with van der Waals surface area (Å²) in [6.07, 6.45) is 0. The fourth-order valence-corrected chi connectivity index (χ4v) is 1.52. The second kappa shape index (κ2) is 5.21. The lowest BCUT2D eigenvalue weighted by Gasteiger charge is -2.38. The van der Waals surface area contributed by atoms with Gasteiger partial charge in [-0.05, 0) is 27.7 Å². The molecular weight excluding hydrogens is 224 g/mol. The van der Waals surface area contributed by atoms with Crippen molar-refractivity contribution >= 4 is 11.9 Å². The van der Waals surface area contributed by atoms with Crippen molar-refractivity contribution in [3.05, 3.63) is 11.3 Å². The lowest BCUT2D eigenvalue weighted by Crippen LogP contribution is -2.39. The molecular formula is C12H18O5. The Morgan fingerprint density at radius 2 is 1.65 bits per heavy atom. The molecule has 5 heteroatoms. The molecule has 1 aliphatic heterocycles. The Kier molecular flexibility index (Phi) is 4.15. The highest BCUT2D eigenvalue weighted by Crippen LogP contribution is 2.40. The number of carbonyl (C=O) groups is 2. The van der Waals surface area contributed by atoms with Crippen LogP contribution in [0.25, 0.3) is 0 Å². The van der Waals surface area contributed by atoms with Crippen molar-refractivity contribution in [2.75, 3.05) is 19.8 Å². The molecule has 0 aliphatic carbocycles. The van der Waals surface area contributed by atoms with E-state index in [4.69, 9.17) is 14.2 Å².